The molecule has 16 heavy (non-hydrogen) atoms. The average Bonchev–Trinajstić information content (AvgIpc) is 2.11. The minimum atomic E-state index is -3.48. The molecule has 1 saturated heterocycles. The molecule has 1 aliphatic rings. The first-order valence-corrected chi connectivity index (χ1v) is 8.00. The molecule has 0 saturated carbocycles. The van der Waals surface area contributed by atoms with Gasteiger partial charge < -0.3 is 9.47 Å². The zero-order valence-corrected chi connectivity index (χ0v) is 11.3. The van der Waals surface area contributed by atoms with Crippen molar-refractivity contribution in [3.05, 3.63) is 0 Å². The molecular formula is C10H19ClO4S. The summed E-state index contributed by atoms with van der Waals surface area (Å²) in [4.78, 5) is 0. The van der Waals surface area contributed by atoms with Crippen LogP contribution in [0.15, 0.2) is 0 Å². The Labute approximate surface area is 102 Å². The average molecular weight is 271 g/mol. The molecule has 0 aromatic heterocycles. The molecule has 0 aromatic rings. The maximum absolute atomic E-state index is 11.2. The van der Waals surface area contributed by atoms with Crippen molar-refractivity contribution in [2.24, 2.45) is 5.41 Å². The van der Waals surface area contributed by atoms with E-state index >= 15 is 0 Å². The standard InChI is InChI=1S/C10H19ClO4S/c1-3-10(4-2,8-16(11,12)13)7-15-9-5-14-6-9/h9H,3-8H2,1-2H3. The Morgan fingerprint density at radius 3 is 2.25 bits per heavy atom. The minimum absolute atomic E-state index is 0.0257. The van der Waals surface area contributed by atoms with Crippen LogP contribution in [0.3, 0.4) is 0 Å². The normalized spacial score (nSPS) is 18.4. The van der Waals surface area contributed by atoms with E-state index in [0.29, 0.717) is 19.8 Å². The van der Waals surface area contributed by atoms with Crippen molar-refractivity contribution in [3.63, 3.8) is 0 Å². The number of ether oxygens (including phenoxy) is 2. The van der Waals surface area contributed by atoms with Crippen molar-refractivity contribution >= 4 is 19.7 Å². The summed E-state index contributed by atoms with van der Waals surface area (Å²) in [5.74, 6) is -0.0257. The van der Waals surface area contributed by atoms with E-state index in [1.165, 1.54) is 0 Å². The summed E-state index contributed by atoms with van der Waals surface area (Å²) in [6.45, 7) is 5.58. The highest BCUT2D eigenvalue weighted by Crippen LogP contribution is 2.31. The molecule has 6 heteroatoms. The predicted molar refractivity (Wildman–Crippen MR) is 63.2 cm³/mol. The van der Waals surface area contributed by atoms with Crippen LogP contribution < -0.4 is 0 Å². The lowest BCUT2D eigenvalue weighted by atomic mass is 9.85. The number of halogens is 1. The van der Waals surface area contributed by atoms with Gasteiger partial charge >= 0.3 is 0 Å². The molecule has 1 heterocycles. The van der Waals surface area contributed by atoms with Gasteiger partial charge in [0, 0.05) is 16.1 Å². The Kier molecular flexibility index (Phi) is 5.04. The summed E-state index contributed by atoms with van der Waals surface area (Å²) in [6.07, 6.45) is 1.60. The molecule has 4 nitrogen and oxygen atoms in total. The molecule has 1 aliphatic heterocycles. The highest BCUT2D eigenvalue weighted by molar-refractivity contribution is 8.13. The van der Waals surface area contributed by atoms with Gasteiger partial charge in [-0.05, 0) is 12.8 Å². The van der Waals surface area contributed by atoms with E-state index in [9.17, 15) is 8.42 Å². The molecule has 1 fully saturated rings. The molecule has 0 spiro atoms. The third-order valence-electron chi connectivity index (χ3n) is 3.21. The van der Waals surface area contributed by atoms with Gasteiger partial charge in [-0.2, -0.15) is 0 Å². The summed E-state index contributed by atoms with van der Waals surface area (Å²) >= 11 is 0. The Morgan fingerprint density at radius 1 is 1.38 bits per heavy atom. The van der Waals surface area contributed by atoms with Crippen molar-refractivity contribution in [1.82, 2.24) is 0 Å². The second kappa shape index (κ2) is 5.67. The van der Waals surface area contributed by atoms with E-state index in [4.69, 9.17) is 20.2 Å². The van der Waals surface area contributed by atoms with E-state index < -0.39 is 9.05 Å². The van der Waals surface area contributed by atoms with E-state index in [2.05, 4.69) is 0 Å². The van der Waals surface area contributed by atoms with Crippen molar-refractivity contribution in [2.45, 2.75) is 32.8 Å². The smallest absolute Gasteiger partial charge is 0.233 e. The zero-order valence-electron chi connectivity index (χ0n) is 9.74. The van der Waals surface area contributed by atoms with E-state index in [1.807, 2.05) is 13.8 Å². The molecule has 0 aliphatic carbocycles. The van der Waals surface area contributed by atoms with Crippen LogP contribution in [0, 0.1) is 5.41 Å². The summed E-state index contributed by atoms with van der Waals surface area (Å²) < 4.78 is 33.0. The van der Waals surface area contributed by atoms with Crippen LogP contribution >= 0.6 is 10.7 Å². The lowest BCUT2D eigenvalue weighted by Gasteiger charge is -2.34. The first-order valence-electron chi connectivity index (χ1n) is 5.52. The largest absolute Gasteiger partial charge is 0.376 e. The highest BCUT2D eigenvalue weighted by Gasteiger charge is 2.33. The summed E-state index contributed by atoms with van der Waals surface area (Å²) in [5, 5.41) is 0. The van der Waals surface area contributed by atoms with E-state index in [-0.39, 0.29) is 17.3 Å². The molecule has 0 atom stereocenters. The van der Waals surface area contributed by atoms with Gasteiger partial charge in [0.05, 0.1) is 25.6 Å². The fraction of sp³-hybridized carbons (Fsp3) is 1.00. The first-order chi connectivity index (χ1) is 7.41. The highest BCUT2D eigenvalue weighted by atomic mass is 35.7. The fourth-order valence-corrected chi connectivity index (χ4v) is 3.59. The van der Waals surface area contributed by atoms with Crippen molar-refractivity contribution in [2.75, 3.05) is 25.6 Å². The predicted octanol–water partition coefficient (Wildman–Crippen LogP) is 1.78. The van der Waals surface area contributed by atoms with Gasteiger partial charge in [-0.25, -0.2) is 8.42 Å². The summed E-state index contributed by atoms with van der Waals surface area (Å²) in [7, 11) is 1.85. The van der Waals surface area contributed by atoms with Gasteiger partial charge in [0.25, 0.3) is 0 Å². The van der Waals surface area contributed by atoms with Gasteiger partial charge in [-0.3, -0.25) is 0 Å². The Balaban J connectivity index is 2.55. The van der Waals surface area contributed by atoms with Crippen LogP contribution in [0.4, 0.5) is 0 Å². The number of hydrogen-bond donors (Lipinski definition) is 0. The quantitative estimate of drug-likeness (QED) is 0.662. The molecule has 0 amide bonds. The molecule has 96 valence electrons. The third-order valence-corrected chi connectivity index (χ3v) is 4.50. The Bertz CT molecular complexity index is 307. The topological polar surface area (TPSA) is 52.6 Å². The van der Waals surface area contributed by atoms with Crippen LogP contribution in [-0.4, -0.2) is 40.1 Å². The van der Waals surface area contributed by atoms with E-state index in [0.717, 1.165) is 12.8 Å². The lowest BCUT2D eigenvalue weighted by Crippen LogP contribution is -2.41. The molecule has 0 bridgehead atoms. The maximum Gasteiger partial charge on any atom is 0.233 e. The zero-order chi connectivity index (χ0) is 12.2. The van der Waals surface area contributed by atoms with Gasteiger partial charge in [0.1, 0.15) is 6.10 Å². The lowest BCUT2D eigenvalue weighted by molar-refractivity contribution is -0.145. The van der Waals surface area contributed by atoms with Gasteiger partial charge in [0.2, 0.25) is 9.05 Å². The molecule has 0 unspecified atom stereocenters. The van der Waals surface area contributed by atoms with Crippen LogP contribution in [-0.2, 0) is 18.5 Å². The Hall–Kier alpha value is 0.160. The maximum atomic E-state index is 11.2. The van der Waals surface area contributed by atoms with Crippen LogP contribution in [0.25, 0.3) is 0 Å². The second-order valence-electron chi connectivity index (χ2n) is 4.36. The molecule has 0 radical (unpaired) electrons. The SMILES string of the molecule is CCC(CC)(COC1COC1)CS(=O)(=O)Cl. The minimum Gasteiger partial charge on any atom is -0.376 e. The third kappa shape index (κ3) is 4.20. The number of rotatable bonds is 7. The van der Waals surface area contributed by atoms with Gasteiger partial charge in [0.15, 0.2) is 0 Å². The van der Waals surface area contributed by atoms with E-state index in [1.54, 1.807) is 0 Å². The van der Waals surface area contributed by atoms with Crippen molar-refractivity contribution < 1.29 is 17.9 Å². The summed E-state index contributed by atoms with van der Waals surface area (Å²) in [5.41, 5.74) is -0.365. The first kappa shape index (κ1) is 14.2. The number of hydrogen-bond acceptors (Lipinski definition) is 4. The molecule has 0 aromatic carbocycles. The monoisotopic (exact) mass is 270 g/mol. The van der Waals surface area contributed by atoms with Gasteiger partial charge in [-0.1, -0.05) is 13.8 Å². The van der Waals surface area contributed by atoms with Crippen molar-refractivity contribution in [1.29, 1.82) is 0 Å². The summed E-state index contributed by atoms with van der Waals surface area (Å²) in [6, 6.07) is 0. The second-order valence-corrected chi connectivity index (χ2v) is 7.14. The molecule has 1 rings (SSSR count). The van der Waals surface area contributed by atoms with Gasteiger partial charge in [-0.15, -0.1) is 0 Å². The molecular weight excluding hydrogens is 252 g/mol. The van der Waals surface area contributed by atoms with Crippen molar-refractivity contribution in [3.8, 4) is 0 Å². The van der Waals surface area contributed by atoms with Crippen LogP contribution in [0.2, 0.25) is 0 Å². The van der Waals surface area contributed by atoms with Crippen LogP contribution in [0.5, 0.6) is 0 Å². The Morgan fingerprint density at radius 2 is 1.94 bits per heavy atom. The fourth-order valence-electron chi connectivity index (χ4n) is 1.67. The molecule has 0 N–H and O–H groups in total. The van der Waals surface area contributed by atoms with Crippen LogP contribution in [0.1, 0.15) is 26.7 Å².